The summed E-state index contributed by atoms with van der Waals surface area (Å²) in [6.45, 7) is 9.98. The number of hydrogen-bond donors (Lipinski definition) is 0. The molecule has 40 heavy (non-hydrogen) atoms. The van der Waals surface area contributed by atoms with Gasteiger partial charge in [-0.1, -0.05) is 54.4 Å². The molecule has 0 atom stereocenters. The lowest BCUT2D eigenvalue weighted by molar-refractivity contribution is -0.134. The van der Waals surface area contributed by atoms with Gasteiger partial charge in [0.2, 0.25) is 5.91 Å². The fourth-order valence-corrected chi connectivity index (χ4v) is 5.45. The Morgan fingerprint density at radius 3 is 2.10 bits per heavy atom. The smallest absolute Gasteiger partial charge is 0.236 e. The number of ether oxygens (including phenoxy) is 1. The Bertz CT molecular complexity index is 1180. The summed E-state index contributed by atoms with van der Waals surface area (Å²) < 4.78 is 4.97. The van der Waals surface area contributed by atoms with E-state index in [0.29, 0.717) is 6.54 Å². The third-order valence-corrected chi connectivity index (χ3v) is 8.29. The van der Waals surface area contributed by atoms with Crippen LogP contribution in [0.15, 0.2) is 66.7 Å². The maximum Gasteiger partial charge on any atom is 0.236 e. The summed E-state index contributed by atoms with van der Waals surface area (Å²) in [7, 11) is 1.67. The van der Waals surface area contributed by atoms with Crippen molar-refractivity contribution >= 4 is 11.7 Å². The normalized spacial score (nSPS) is 18.4. The van der Waals surface area contributed by atoms with Crippen LogP contribution in [0, 0.1) is 6.92 Å². The second-order valence-corrected chi connectivity index (χ2v) is 10.9. The number of methoxy groups -OCH3 is 1. The van der Waals surface area contributed by atoms with Crippen LogP contribution in [0.3, 0.4) is 0 Å². The van der Waals surface area contributed by atoms with Crippen molar-refractivity contribution in [2.24, 2.45) is 0 Å². The van der Waals surface area contributed by atoms with Crippen molar-refractivity contribution in [2.45, 2.75) is 32.2 Å². The number of aryl methyl sites for hydroxylation is 1. The van der Waals surface area contributed by atoms with Crippen molar-refractivity contribution in [3.8, 4) is 17.0 Å². The molecule has 2 saturated heterocycles. The summed E-state index contributed by atoms with van der Waals surface area (Å²) in [5, 5.41) is 8.86. The molecule has 3 heterocycles. The molecule has 8 nitrogen and oxygen atoms in total. The van der Waals surface area contributed by atoms with E-state index in [2.05, 4.69) is 42.8 Å². The summed E-state index contributed by atoms with van der Waals surface area (Å²) in [4.78, 5) is 22.0. The molecule has 6 rings (SSSR count). The van der Waals surface area contributed by atoms with Gasteiger partial charge in [0.25, 0.3) is 0 Å². The molecule has 0 spiro atoms. The van der Waals surface area contributed by atoms with E-state index in [4.69, 9.17) is 4.74 Å². The second-order valence-electron chi connectivity index (χ2n) is 10.9. The van der Waals surface area contributed by atoms with Gasteiger partial charge >= 0.3 is 0 Å². The van der Waals surface area contributed by atoms with Gasteiger partial charge in [0.05, 0.1) is 19.3 Å². The molecule has 3 aromatic rings. The van der Waals surface area contributed by atoms with Gasteiger partial charge in [0, 0.05) is 64.0 Å². The predicted molar refractivity (Wildman–Crippen MR) is 160 cm³/mol. The molecule has 212 valence electrons. The van der Waals surface area contributed by atoms with E-state index in [0.717, 1.165) is 81.2 Å². The number of amides is 1. The monoisotopic (exact) mass is 542 g/mol. The predicted octanol–water partition coefficient (Wildman–Crippen LogP) is 3.97. The molecule has 3 aliphatic rings. The van der Waals surface area contributed by atoms with Gasteiger partial charge < -0.3 is 14.5 Å². The van der Waals surface area contributed by atoms with E-state index in [-0.39, 0.29) is 5.91 Å². The lowest BCUT2D eigenvalue weighted by atomic mass is 9.91. The van der Waals surface area contributed by atoms with Crippen LogP contribution >= 0.6 is 0 Å². The minimum Gasteiger partial charge on any atom is -0.497 e. The number of rotatable bonds is 6. The van der Waals surface area contributed by atoms with Gasteiger partial charge in [-0.3, -0.25) is 14.6 Å². The first-order valence-corrected chi connectivity index (χ1v) is 14.6. The second kappa shape index (κ2) is 13.7. The Hall–Kier alpha value is -3.49. The number of aromatic nitrogens is 2. The lowest BCUT2D eigenvalue weighted by Gasteiger charge is -2.43. The fraction of sp³-hybridized carbons (Fsp3) is 0.469. The molecule has 1 aromatic heterocycles. The highest BCUT2D eigenvalue weighted by Crippen LogP contribution is 2.25. The zero-order chi connectivity index (χ0) is 27.7. The molecule has 2 aliphatic heterocycles. The number of piperazine rings is 2. The van der Waals surface area contributed by atoms with Crippen LogP contribution in [0.1, 0.15) is 24.8 Å². The molecule has 8 heteroatoms. The molecule has 0 unspecified atom stereocenters. The first-order chi connectivity index (χ1) is 19.6. The Labute approximate surface area is 238 Å². The zero-order valence-electron chi connectivity index (χ0n) is 23.9. The Kier molecular flexibility index (Phi) is 9.63. The van der Waals surface area contributed by atoms with Crippen molar-refractivity contribution < 1.29 is 9.53 Å². The van der Waals surface area contributed by atoms with E-state index in [1.807, 2.05) is 60.7 Å². The molecular weight excluding hydrogens is 500 g/mol. The molecule has 1 saturated carbocycles. The van der Waals surface area contributed by atoms with Crippen molar-refractivity contribution in [1.82, 2.24) is 24.9 Å². The number of anilines is 1. The molecule has 3 fully saturated rings. The molecule has 0 bridgehead atoms. The van der Waals surface area contributed by atoms with Crippen LogP contribution in [0.4, 0.5) is 5.82 Å². The highest BCUT2D eigenvalue weighted by Gasteiger charge is 2.30. The van der Waals surface area contributed by atoms with Crippen molar-refractivity contribution in [1.29, 1.82) is 0 Å². The first kappa shape index (κ1) is 28.1. The van der Waals surface area contributed by atoms with E-state index in [1.54, 1.807) is 7.11 Å². The Balaban J connectivity index is 0.000000306. The fourth-order valence-electron chi connectivity index (χ4n) is 5.45. The minimum absolute atomic E-state index is 0.286. The highest BCUT2D eigenvalue weighted by atomic mass is 16.5. The lowest BCUT2D eigenvalue weighted by Crippen LogP contribution is -2.56. The average molecular weight is 543 g/mol. The minimum atomic E-state index is 0.286. The summed E-state index contributed by atoms with van der Waals surface area (Å²) in [5.41, 5.74) is 3.24. The molecule has 1 amide bonds. The quantitative estimate of drug-likeness (QED) is 0.467. The van der Waals surface area contributed by atoms with Crippen LogP contribution in [0.5, 0.6) is 5.75 Å². The van der Waals surface area contributed by atoms with E-state index >= 15 is 0 Å². The van der Waals surface area contributed by atoms with Crippen LogP contribution in [-0.4, -0.2) is 103 Å². The summed E-state index contributed by atoms with van der Waals surface area (Å²) in [6.07, 6.45) is 4.06. The van der Waals surface area contributed by atoms with Crippen LogP contribution in [-0.2, 0) is 4.79 Å². The van der Waals surface area contributed by atoms with Gasteiger partial charge in [0.15, 0.2) is 5.82 Å². The topological polar surface area (TPSA) is 65.0 Å². The van der Waals surface area contributed by atoms with Crippen molar-refractivity contribution in [3.63, 3.8) is 0 Å². The summed E-state index contributed by atoms with van der Waals surface area (Å²) in [5.74, 6) is 2.12. The van der Waals surface area contributed by atoms with Crippen LogP contribution < -0.4 is 9.64 Å². The summed E-state index contributed by atoms with van der Waals surface area (Å²) >= 11 is 0. The first-order valence-electron chi connectivity index (χ1n) is 14.6. The zero-order valence-corrected chi connectivity index (χ0v) is 23.9. The number of carbonyl (C=O) groups is 1. The van der Waals surface area contributed by atoms with Crippen molar-refractivity contribution in [2.75, 3.05) is 70.9 Å². The molecule has 0 radical (unpaired) electrons. The average Bonchev–Trinajstić information content (AvgIpc) is 2.98. The van der Waals surface area contributed by atoms with Gasteiger partial charge in [0.1, 0.15) is 5.75 Å². The highest BCUT2D eigenvalue weighted by molar-refractivity contribution is 5.78. The van der Waals surface area contributed by atoms with E-state index in [9.17, 15) is 4.79 Å². The number of nitrogens with zero attached hydrogens (tertiary/aromatic N) is 6. The number of carbonyl (C=O) groups excluding carboxylic acids is 1. The standard InChI is InChI=1S/C24H32N6O.C8H10O/c31-24(30-17-15-28(16-18-30)21-7-4-8-21)19-27-11-13-29(14-12-27)23-10-9-22(25-26-23)20-5-2-1-3-6-20;1-7-3-5-8(9-2)6-4-7/h1-3,5-6,9-10,21H,4,7-8,11-19H2;3-6H,1-2H3. The third-order valence-electron chi connectivity index (χ3n) is 8.29. The van der Waals surface area contributed by atoms with Gasteiger partial charge in [-0.15, -0.1) is 10.2 Å². The van der Waals surface area contributed by atoms with Crippen LogP contribution in [0.25, 0.3) is 11.3 Å². The molecule has 1 aliphatic carbocycles. The van der Waals surface area contributed by atoms with Gasteiger partial charge in [-0.25, -0.2) is 0 Å². The largest absolute Gasteiger partial charge is 0.497 e. The maximum atomic E-state index is 12.8. The SMILES string of the molecule is COc1ccc(C)cc1.O=C(CN1CCN(c2ccc(-c3ccccc3)nn2)CC1)N1CCN(C2CCC2)CC1. The summed E-state index contributed by atoms with van der Waals surface area (Å²) in [6, 6.07) is 23.0. The Morgan fingerprint density at radius 2 is 1.52 bits per heavy atom. The van der Waals surface area contributed by atoms with Crippen LogP contribution in [0.2, 0.25) is 0 Å². The molecule has 2 aromatic carbocycles. The number of hydrogen-bond acceptors (Lipinski definition) is 7. The van der Waals surface area contributed by atoms with Crippen molar-refractivity contribution in [3.05, 3.63) is 72.3 Å². The van der Waals surface area contributed by atoms with Gasteiger partial charge in [-0.05, 0) is 44.0 Å². The van der Waals surface area contributed by atoms with Gasteiger partial charge in [-0.2, -0.15) is 0 Å². The molecule has 0 N–H and O–H groups in total. The Morgan fingerprint density at radius 1 is 0.825 bits per heavy atom. The van der Waals surface area contributed by atoms with E-state index in [1.165, 1.54) is 24.8 Å². The molecular formula is C32H42N6O2. The number of benzene rings is 2. The van der Waals surface area contributed by atoms with E-state index < -0.39 is 0 Å². The maximum absolute atomic E-state index is 12.8. The third kappa shape index (κ3) is 7.37.